The number of rotatable bonds is 5. The van der Waals surface area contributed by atoms with Crippen molar-refractivity contribution in [3.63, 3.8) is 0 Å². The van der Waals surface area contributed by atoms with Gasteiger partial charge in [0.05, 0.1) is 0 Å². The Hall–Kier alpha value is -0.670. The van der Waals surface area contributed by atoms with E-state index in [1.54, 1.807) is 7.11 Å². The number of aromatic nitrogens is 2. The highest BCUT2D eigenvalue weighted by Gasteiger charge is 2.32. The maximum Gasteiger partial charge on any atom is 0.162 e. The van der Waals surface area contributed by atoms with E-state index in [-0.39, 0.29) is 0 Å². The van der Waals surface area contributed by atoms with Crippen molar-refractivity contribution in [2.45, 2.75) is 59.0 Å². The highest BCUT2D eigenvalue weighted by atomic mass is 35.5. The number of aryl methyl sites for hydroxylation is 1. The molecule has 0 saturated carbocycles. The first-order chi connectivity index (χ1) is 8.41. The summed E-state index contributed by atoms with van der Waals surface area (Å²) < 4.78 is 5.65. The molecule has 18 heavy (non-hydrogen) atoms. The van der Waals surface area contributed by atoms with Crippen molar-refractivity contribution in [3.05, 3.63) is 22.2 Å². The van der Waals surface area contributed by atoms with Crippen molar-refractivity contribution in [3.8, 4) is 0 Å². The zero-order valence-electron chi connectivity index (χ0n) is 12.2. The van der Waals surface area contributed by atoms with Crippen LogP contribution in [0.2, 0.25) is 5.15 Å². The van der Waals surface area contributed by atoms with Gasteiger partial charge >= 0.3 is 0 Å². The summed E-state index contributed by atoms with van der Waals surface area (Å²) in [6.07, 6.45) is 1.66. The van der Waals surface area contributed by atoms with Crippen LogP contribution in [0.5, 0.6) is 0 Å². The van der Waals surface area contributed by atoms with Gasteiger partial charge in [0.2, 0.25) is 0 Å². The third-order valence-corrected chi connectivity index (χ3v) is 3.90. The normalized spacial score (nSPS) is 12.2. The van der Waals surface area contributed by atoms with Crippen LogP contribution in [0.4, 0.5) is 0 Å². The molecule has 102 valence electrons. The van der Waals surface area contributed by atoms with Gasteiger partial charge in [-0.3, -0.25) is 0 Å². The lowest BCUT2D eigenvalue weighted by atomic mass is 9.95. The van der Waals surface area contributed by atoms with Gasteiger partial charge in [0.15, 0.2) is 5.82 Å². The van der Waals surface area contributed by atoms with Gasteiger partial charge in [0, 0.05) is 18.4 Å². The fraction of sp³-hybridized carbons (Fsp3) is 0.714. The second-order valence-electron chi connectivity index (χ2n) is 4.90. The van der Waals surface area contributed by atoms with E-state index in [1.165, 1.54) is 0 Å². The number of ether oxygens (including phenoxy) is 1. The lowest BCUT2D eigenvalue weighted by Gasteiger charge is -2.29. The fourth-order valence-electron chi connectivity index (χ4n) is 2.35. The molecule has 1 rings (SSSR count). The topological polar surface area (TPSA) is 35.0 Å². The lowest BCUT2D eigenvalue weighted by Crippen LogP contribution is -2.30. The average molecular weight is 271 g/mol. The van der Waals surface area contributed by atoms with Crippen molar-refractivity contribution in [1.82, 2.24) is 9.97 Å². The molecule has 0 fully saturated rings. The number of methoxy groups -OCH3 is 1. The molecule has 0 radical (unpaired) electrons. The van der Waals surface area contributed by atoms with Crippen LogP contribution < -0.4 is 0 Å². The Labute approximate surface area is 115 Å². The van der Waals surface area contributed by atoms with Gasteiger partial charge in [0.1, 0.15) is 10.8 Å². The maximum absolute atomic E-state index is 6.30. The number of halogens is 1. The summed E-state index contributed by atoms with van der Waals surface area (Å²) in [5.74, 6) is 1.02. The van der Waals surface area contributed by atoms with Crippen molar-refractivity contribution < 1.29 is 4.74 Å². The maximum atomic E-state index is 6.30. The van der Waals surface area contributed by atoms with Gasteiger partial charge < -0.3 is 4.74 Å². The Morgan fingerprint density at radius 1 is 1.22 bits per heavy atom. The first kappa shape index (κ1) is 15.4. The first-order valence-electron chi connectivity index (χ1n) is 6.51. The summed E-state index contributed by atoms with van der Waals surface area (Å²) in [5.41, 5.74) is 1.55. The molecule has 0 N–H and O–H groups in total. The molecule has 0 aliphatic rings. The minimum absolute atomic E-state index is 0.326. The number of hydrogen-bond acceptors (Lipinski definition) is 3. The average Bonchev–Trinajstić information content (AvgIpc) is 2.30. The smallest absolute Gasteiger partial charge is 0.162 e. The van der Waals surface area contributed by atoms with Crippen molar-refractivity contribution in [2.75, 3.05) is 7.11 Å². The quantitative estimate of drug-likeness (QED) is 0.751. The molecule has 0 aliphatic heterocycles. The van der Waals surface area contributed by atoms with Gasteiger partial charge in [0.25, 0.3) is 0 Å². The molecule has 0 amide bonds. The standard InChI is InChI=1S/C14H23ClN2O/c1-7-14(8-2,18-6)13-16-10(5)11(9(3)4)12(15)17-13/h9H,7-8H2,1-6H3. The number of nitrogens with zero attached hydrogens (tertiary/aromatic N) is 2. The van der Waals surface area contributed by atoms with E-state index in [0.29, 0.717) is 16.9 Å². The van der Waals surface area contributed by atoms with Crippen LogP contribution in [0.15, 0.2) is 0 Å². The minimum atomic E-state index is -0.427. The largest absolute Gasteiger partial charge is 0.370 e. The van der Waals surface area contributed by atoms with E-state index in [2.05, 4.69) is 37.7 Å². The zero-order valence-corrected chi connectivity index (χ0v) is 12.9. The molecular formula is C14H23ClN2O. The predicted molar refractivity (Wildman–Crippen MR) is 75.1 cm³/mol. The predicted octanol–water partition coefficient (Wildman–Crippen LogP) is 4.22. The van der Waals surface area contributed by atoms with Crippen molar-refractivity contribution in [2.24, 2.45) is 0 Å². The van der Waals surface area contributed by atoms with E-state index in [1.807, 2.05) is 6.92 Å². The molecule has 0 saturated heterocycles. The van der Waals surface area contributed by atoms with Gasteiger partial charge in [-0.1, -0.05) is 39.3 Å². The third-order valence-electron chi connectivity index (χ3n) is 3.61. The van der Waals surface area contributed by atoms with Crippen LogP contribution in [-0.4, -0.2) is 17.1 Å². The molecule has 3 nitrogen and oxygen atoms in total. The first-order valence-corrected chi connectivity index (χ1v) is 6.89. The Kier molecular flexibility index (Phi) is 5.11. The van der Waals surface area contributed by atoms with E-state index >= 15 is 0 Å². The fourth-order valence-corrected chi connectivity index (χ4v) is 2.79. The molecule has 0 aromatic carbocycles. The lowest BCUT2D eigenvalue weighted by molar-refractivity contribution is -0.0293. The Bertz CT molecular complexity index is 383. The molecule has 4 heteroatoms. The second-order valence-corrected chi connectivity index (χ2v) is 5.26. The van der Waals surface area contributed by atoms with Crippen LogP contribution >= 0.6 is 11.6 Å². The summed E-state index contributed by atoms with van der Waals surface area (Å²) in [4.78, 5) is 9.09. The minimum Gasteiger partial charge on any atom is -0.370 e. The number of hydrogen-bond donors (Lipinski definition) is 0. The van der Waals surface area contributed by atoms with Crippen LogP contribution in [-0.2, 0) is 10.3 Å². The molecule has 0 unspecified atom stereocenters. The summed E-state index contributed by atoms with van der Waals surface area (Å²) in [6.45, 7) is 10.3. The van der Waals surface area contributed by atoms with E-state index in [0.717, 1.165) is 24.1 Å². The molecule has 1 aromatic heterocycles. The summed E-state index contributed by atoms with van der Waals surface area (Å²) >= 11 is 6.30. The van der Waals surface area contributed by atoms with Crippen molar-refractivity contribution >= 4 is 11.6 Å². The van der Waals surface area contributed by atoms with Gasteiger partial charge in [-0.25, -0.2) is 9.97 Å². The Morgan fingerprint density at radius 2 is 1.78 bits per heavy atom. The summed E-state index contributed by atoms with van der Waals surface area (Å²) in [5, 5.41) is 0.552. The van der Waals surface area contributed by atoms with E-state index in [9.17, 15) is 0 Å². The van der Waals surface area contributed by atoms with Gasteiger partial charge in [-0.05, 0) is 25.7 Å². The van der Waals surface area contributed by atoms with Crippen LogP contribution in [0, 0.1) is 6.92 Å². The third kappa shape index (κ3) is 2.67. The van der Waals surface area contributed by atoms with Crippen molar-refractivity contribution in [1.29, 1.82) is 0 Å². The Balaban J connectivity index is 3.36. The van der Waals surface area contributed by atoms with Crippen LogP contribution in [0.25, 0.3) is 0 Å². The molecule has 0 atom stereocenters. The van der Waals surface area contributed by atoms with E-state index in [4.69, 9.17) is 16.3 Å². The Morgan fingerprint density at radius 3 is 2.11 bits per heavy atom. The molecule has 0 spiro atoms. The summed E-state index contributed by atoms with van der Waals surface area (Å²) in [7, 11) is 1.70. The molecule has 1 heterocycles. The molecule has 0 bridgehead atoms. The zero-order chi connectivity index (χ0) is 13.9. The molecule has 1 aromatic rings. The van der Waals surface area contributed by atoms with Crippen LogP contribution in [0.1, 0.15) is 63.5 Å². The molecular weight excluding hydrogens is 248 g/mol. The van der Waals surface area contributed by atoms with Crippen LogP contribution in [0.3, 0.4) is 0 Å². The van der Waals surface area contributed by atoms with Gasteiger partial charge in [-0.15, -0.1) is 0 Å². The second kappa shape index (κ2) is 5.98. The summed E-state index contributed by atoms with van der Waals surface area (Å²) in [6, 6.07) is 0. The van der Waals surface area contributed by atoms with Gasteiger partial charge in [-0.2, -0.15) is 0 Å². The monoisotopic (exact) mass is 270 g/mol. The SMILES string of the molecule is CCC(CC)(OC)c1nc(C)c(C(C)C)c(Cl)n1. The highest BCUT2D eigenvalue weighted by molar-refractivity contribution is 6.30. The van der Waals surface area contributed by atoms with E-state index < -0.39 is 5.60 Å². The molecule has 0 aliphatic carbocycles. The highest BCUT2D eigenvalue weighted by Crippen LogP contribution is 2.33.